The smallest absolute Gasteiger partial charge is 0.340 e. The van der Waals surface area contributed by atoms with Gasteiger partial charge in [0, 0.05) is 45.6 Å². The van der Waals surface area contributed by atoms with Crippen LogP contribution >= 0.6 is 0 Å². The first-order valence-corrected chi connectivity index (χ1v) is 23.1. The maximum absolute atomic E-state index is 14.9. The maximum atomic E-state index is 14.9. The molecule has 6 rings (SSSR count). The molecular formula is C49H62N2O19. The molecule has 21 nitrogen and oxygen atoms in total. The van der Waals surface area contributed by atoms with E-state index in [2.05, 4.69) is 4.98 Å². The molecule has 4 aliphatic rings. The van der Waals surface area contributed by atoms with Gasteiger partial charge in [-0.15, -0.1) is 0 Å². The van der Waals surface area contributed by atoms with Crippen LogP contribution in [0.2, 0.25) is 0 Å². The first kappa shape index (κ1) is 53.1. The SMILES string of the molecule is CC(=O)O[C@@H]1[C@@H]2[C@@H](OC(C)=O)[C@@]34O[C@@]2(C)COC(=O)c2cnccc2C(C)C(C)C(=O)O[C@@H]([C@H](OC(=O)c2ccc(=O)n(C)c2)[C@H](OC(=O)C(C)C)[C@@]3(COC(=O)C(C)C)[C@@H]1OC(=O)C(C)C)[C@]4(C)O. The molecule has 3 fully saturated rings. The zero-order valence-electron chi connectivity index (χ0n) is 41.5. The maximum Gasteiger partial charge on any atom is 0.340 e. The molecule has 0 radical (unpaired) electrons. The molecule has 13 atom stereocenters. The highest BCUT2D eigenvalue weighted by Crippen LogP contribution is 2.70. The van der Waals surface area contributed by atoms with Gasteiger partial charge in [-0.2, -0.15) is 0 Å². The third-order valence-corrected chi connectivity index (χ3v) is 14.0. The first-order chi connectivity index (χ1) is 32.6. The van der Waals surface area contributed by atoms with Crippen molar-refractivity contribution in [1.82, 2.24) is 9.55 Å². The summed E-state index contributed by atoms with van der Waals surface area (Å²) >= 11 is 0. The molecule has 382 valence electrons. The Kier molecular flexibility index (Phi) is 14.8. The summed E-state index contributed by atoms with van der Waals surface area (Å²) in [7, 11) is 1.36. The topological polar surface area (TPSA) is 275 Å². The molecular weight excluding hydrogens is 921 g/mol. The van der Waals surface area contributed by atoms with Crippen molar-refractivity contribution in [1.29, 1.82) is 0 Å². The zero-order valence-corrected chi connectivity index (χ0v) is 41.5. The molecule has 4 heterocycles. The van der Waals surface area contributed by atoms with Crippen LogP contribution in [0.3, 0.4) is 0 Å². The highest BCUT2D eigenvalue weighted by atomic mass is 16.7. The molecule has 2 aromatic heterocycles. The van der Waals surface area contributed by atoms with Gasteiger partial charge in [0.2, 0.25) is 5.56 Å². The van der Waals surface area contributed by atoms with E-state index in [0.29, 0.717) is 0 Å². The van der Waals surface area contributed by atoms with Gasteiger partial charge in [0.1, 0.15) is 42.0 Å². The molecule has 0 aromatic carbocycles. The third-order valence-electron chi connectivity index (χ3n) is 14.0. The van der Waals surface area contributed by atoms with Crippen molar-refractivity contribution in [3.05, 3.63) is 63.8 Å². The molecule has 0 amide bonds. The number of hydrogen-bond acceptors (Lipinski definition) is 20. The van der Waals surface area contributed by atoms with E-state index < -0.39 is 161 Å². The van der Waals surface area contributed by atoms with Crippen LogP contribution in [0, 0.1) is 35.0 Å². The number of cyclic esters (lactones) is 1. The fourth-order valence-corrected chi connectivity index (χ4v) is 10.3. The molecule has 2 aliphatic heterocycles. The first-order valence-electron chi connectivity index (χ1n) is 23.1. The van der Waals surface area contributed by atoms with Gasteiger partial charge in [0.05, 0.1) is 40.7 Å². The molecule has 70 heavy (non-hydrogen) atoms. The predicted molar refractivity (Wildman–Crippen MR) is 238 cm³/mol. The second-order valence-electron chi connectivity index (χ2n) is 20.0. The van der Waals surface area contributed by atoms with Gasteiger partial charge in [0.25, 0.3) is 0 Å². The van der Waals surface area contributed by atoms with E-state index in [1.807, 2.05) is 0 Å². The summed E-state index contributed by atoms with van der Waals surface area (Å²) in [5, 5.41) is 14.0. The van der Waals surface area contributed by atoms with Gasteiger partial charge in [0.15, 0.2) is 30.0 Å². The molecule has 1 spiro atoms. The lowest BCUT2D eigenvalue weighted by Gasteiger charge is -2.67. The zero-order chi connectivity index (χ0) is 52.2. The van der Waals surface area contributed by atoms with E-state index in [1.165, 1.54) is 80.9 Å². The summed E-state index contributed by atoms with van der Waals surface area (Å²) in [4.78, 5) is 131. The van der Waals surface area contributed by atoms with Crippen molar-refractivity contribution in [2.24, 2.45) is 42.1 Å². The normalized spacial score (nSPS) is 33.5. The van der Waals surface area contributed by atoms with Crippen molar-refractivity contribution in [3.8, 4) is 0 Å². The number of pyridine rings is 2. The Hall–Kier alpha value is -6.22. The lowest BCUT2D eigenvalue weighted by atomic mass is 9.45. The number of fused-ring (bicyclic) bond motifs is 5. The lowest BCUT2D eigenvalue weighted by Crippen LogP contribution is -2.89. The minimum absolute atomic E-state index is 0.0712. The fourth-order valence-electron chi connectivity index (χ4n) is 10.3. The Morgan fingerprint density at radius 1 is 0.786 bits per heavy atom. The third kappa shape index (κ3) is 8.94. The van der Waals surface area contributed by atoms with Crippen molar-refractivity contribution in [3.63, 3.8) is 0 Å². The van der Waals surface area contributed by atoms with Gasteiger partial charge >= 0.3 is 47.8 Å². The number of ether oxygens (including phenoxy) is 9. The van der Waals surface area contributed by atoms with Crippen LogP contribution in [0.5, 0.6) is 0 Å². The summed E-state index contributed by atoms with van der Waals surface area (Å²) in [6, 6.07) is 3.70. The fraction of sp³-hybridized carbons (Fsp3) is 0.633. The molecule has 21 heteroatoms. The number of carbonyl (C=O) groups is 8. The number of aromatic nitrogens is 2. The number of carbonyl (C=O) groups excluding carboxylic acids is 8. The standard InChI is InChI=1S/C49H62N2O19/c1-22(2)40(55)63-21-48-38(68-41(56)23(3)4)34(64-27(9)52)33-36(65-28(10)53)49(48)47(12,61)37(35(39(48)69-42(57)24(5)6)66-44(59)29-14-15-32(54)51(13)19-29)67-43(58)26(8)25(7)30-16-17-50-18-31(30)45(60)62-20-46(33,11)70-49/h14-19,22-26,33-39,61H,20-21H2,1-13H3/t25?,26?,33-,34-,35+,36-,37+,38-,39+,46+,47+,48-,49+/m1/s1. The van der Waals surface area contributed by atoms with Crippen LogP contribution in [0.1, 0.15) is 115 Å². The number of esters is 8. The number of aryl methyl sites for hydroxylation is 1. The van der Waals surface area contributed by atoms with Gasteiger partial charge in [-0.05, 0) is 37.5 Å². The van der Waals surface area contributed by atoms with E-state index in [0.717, 1.165) is 43.7 Å². The Morgan fingerprint density at radius 3 is 1.93 bits per heavy atom. The summed E-state index contributed by atoms with van der Waals surface area (Å²) in [6.07, 6.45) is -8.99. The summed E-state index contributed by atoms with van der Waals surface area (Å²) in [6.45, 7) is 14.5. The Balaban J connectivity index is 1.85. The van der Waals surface area contributed by atoms with Crippen LogP contribution < -0.4 is 5.56 Å². The number of aliphatic hydroxyl groups is 1. The number of nitrogens with zero attached hydrogens (tertiary/aromatic N) is 2. The Morgan fingerprint density at radius 2 is 1.37 bits per heavy atom. The molecule has 2 aromatic rings. The van der Waals surface area contributed by atoms with E-state index in [4.69, 9.17) is 42.6 Å². The van der Waals surface area contributed by atoms with Crippen LogP contribution in [-0.4, -0.2) is 129 Å². The lowest BCUT2D eigenvalue weighted by molar-refractivity contribution is -0.386. The molecule has 1 saturated heterocycles. The van der Waals surface area contributed by atoms with E-state index in [9.17, 15) is 48.3 Å². The molecule has 2 unspecified atom stereocenters. The quantitative estimate of drug-likeness (QED) is 0.250. The molecule has 4 bridgehead atoms. The van der Waals surface area contributed by atoms with Gasteiger partial charge < -0.3 is 52.3 Å². The van der Waals surface area contributed by atoms with Crippen LogP contribution in [-0.2, 0) is 78.4 Å². The van der Waals surface area contributed by atoms with Crippen LogP contribution in [0.25, 0.3) is 0 Å². The minimum Gasteiger partial charge on any atom is -0.464 e. The van der Waals surface area contributed by atoms with Crippen molar-refractivity contribution in [2.45, 2.75) is 142 Å². The van der Waals surface area contributed by atoms with Crippen molar-refractivity contribution in [2.75, 3.05) is 13.2 Å². The summed E-state index contributed by atoms with van der Waals surface area (Å²) < 4.78 is 58.4. The summed E-state index contributed by atoms with van der Waals surface area (Å²) in [5.41, 5.74) is -11.3. The Labute approximate surface area is 404 Å². The van der Waals surface area contributed by atoms with E-state index in [-0.39, 0.29) is 16.7 Å². The molecule has 1 N–H and O–H groups in total. The summed E-state index contributed by atoms with van der Waals surface area (Å²) in [5.74, 6) is -14.8. The second-order valence-corrected chi connectivity index (χ2v) is 20.0. The van der Waals surface area contributed by atoms with Crippen molar-refractivity contribution < 1.29 is 86.1 Å². The van der Waals surface area contributed by atoms with Crippen molar-refractivity contribution >= 4 is 47.8 Å². The Bertz CT molecular complexity index is 2500. The number of rotatable bonds is 11. The molecule has 2 aliphatic carbocycles. The highest BCUT2D eigenvalue weighted by molar-refractivity contribution is 5.91. The minimum atomic E-state index is -2.96. The van der Waals surface area contributed by atoms with Gasteiger partial charge in [-0.25, -0.2) is 9.59 Å². The van der Waals surface area contributed by atoms with E-state index >= 15 is 0 Å². The van der Waals surface area contributed by atoms with Gasteiger partial charge in [-0.1, -0.05) is 55.4 Å². The highest BCUT2D eigenvalue weighted by Gasteiger charge is 2.92. The van der Waals surface area contributed by atoms with Crippen LogP contribution in [0.15, 0.2) is 41.6 Å². The monoisotopic (exact) mass is 982 g/mol. The average Bonchev–Trinajstić information content (AvgIpc) is 3.50. The van der Waals surface area contributed by atoms with E-state index in [1.54, 1.807) is 6.92 Å². The van der Waals surface area contributed by atoms with Gasteiger partial charge in [-0.3, -0.25) is 38.5 Å². The predicted octanol–water partition coefficient (Wildman–Crippen LogP) is 2.93. The largest absolute Gasteiger partial charge is 0.464 e. The average molecular weight is 983 g/mol. The number of hydrogen-bond donors (Lipinski definition) is 1. The molecule has 2 saturated carbocycles. The second kappa shape index (κ2) is 19.5. The van der Waals surface area contributed by atoms with Crippen LogP contribution in [0.4, 0.5) is 0 Å².